The van der Waals surface area contributed by atoms with E-state index in [1.165, 1.54) is 27.8 Å². The Morgan fingerprint density at radius 2 is 0.865 bits per heavy atom. The maximum absolute atomic E-state index is 6.67. The molecular formula is C49H30N2O. The predicted molar refractivity (Wildman–Crippen MR) is 211 cm³/mol. The fourth-order valence-electron chi connectivity index (χ4n) is 8.59. The number of hydrogen-bond acceptors (Lipinski definition) is 3. The molecule has 0 radical (unpaired) electrons. The molecule has 1 aliphatic heterocycles. The molecule has 9 aromatic rings. The Labute approximate surface area is 301 Å². The van der Waals surface area contributed by atoms with Crippen LogP contribution in [-0.2, 0) is 5.41 Å². The number of para-hydroxylation sites is 1. The normalized spacial score (nSPS) is 13.3. The van der Waals surface area contributed by atoms with Crippen molar-refractivity contribution in [1.82, 2.24) is 9.97 Å². The fraction of sp³-hybridized carbons (Fsp3) is 0.0204. The molecule has 1 spiro atoms. The first-order valence-electron chi connectivity index (χ1n) is 17.7. The first-order chi connectivity index (χ1) is 25.8. The van der Waals surface area contributed by atoms with Crippen molar-refractivity contribution in [3.05, 3.63) is 204 Å². The molecule has 242 valence electrons. The van der Waals surface area contributed by atoms with Crippen LogP contribution in [0.25, 0.3) is 66.6 Å². The van der Waals surface area contributed by atoms with Crippen molar-refractivity contribution in [1.29, 1.82) is 0 Å². The summed E-state index contributed by atoms with van der Waals surface area (Å²) in [6.07, 6.45) is 0. The number of pyridine rings is 2. The third-order valence-electron chi connectivity index (χ3n) is 10.9. The summed E-state index contributed by atoms with van der Waals surface area (Å²) < 4.78 is 6.67. The van der Waals surface area contributed by atoms with E-state index >= 15 is 0 Å². The van der Waals surface area contributed by atoms with E-state index in [4.69, 9.17) is 14.7 Å². The highest BCUT2D eigenvalue weighted by Crippen LogP contribution is 2.62. The van der Waals surface area contributed by atoms with E-state index in [2.05, 4.69) is 164 Å². The molecule has 7 aromatic carbocycles. The molecule has 1 aliphatic carbocycles. The Kier molecular flexibility index (Phi) is 6.17. The summed E-state index contributed by atoms with van der Waals surface area (Å²) >= 11 is 0. The second-order valence-electron chi connectivity index (χ2n) is 13.7. The zero-order valence-electron chi connectivity index (χ0n) is 28.1. The van der Waals surface area contributed by atoms with Gasteiger partial charge in [0.1, 0.15) is 11.5 Å². The van der Waals surface area contributed by atoms with Crippen LogP contribution in [0.3, 0.4) is 0 Å². The van der Waals surface area contributed by atoms with Gasteiger partial charge >= 0.3 is 0 Å². The summed E-state index contributed by atoms with van der Waals surface area (Å²) in [5.41, 5.74) is 15.0. The highest BCUT2D eigenvalue weighted by atomic mass is 16.5. The lowest BCUT2D eigenvalue weighted by Gasteiger charge is -2.39. The zero-order valence-corrected chi connectivity index (χ0v) is 28.1. The zero-order chi connectivity index (χ0) is 34.2. The first-order valence-corrected chi connectivity index (χ1v) is 17.7. The van der Waals surface area contributed by atoms with Crippen molar-refractivity contribution in [3.8, 4) is 56.3 Å². The van der Waals surface area contributed by atoms with Gasteiger partial charge in [-0.15, -0.1) is 0 Å². The van der Waals surface area contributed by atoms with E-state index in [1.807, 2.05) is 18.2 Å². The summed E-state index contributed by atoms with van der Waals surface area (Å²) in [6.45, 7) is 0. The smallest absolute Gasteiger partial charge is 0.132 e. The van der Waals surface area contributed by atoms with Crippen molar-refractivity contribution in [2.24, 2.45) is 0 Å². The molecule has 2 aromatic heterocycles. The summed E-state index contributed by atoms with van der Waals surface area (Å²) in [7, 11) is 0. The molecular weight excluding hydrogens is 633 g/mol. The molecule has 3 heterocycles. The van der Waals surface area contributed by atoms with Crippen LogP contribution in [-0.4, -0.2) is 9.97 Å². The Morgan fingerprint density at radius 1 is 0.346 bits per heavy atom. The molecule has 0 unspecified atom stereocenters. The predicted octanol–water partition coefficient (Wildman–Crippen LogP) is 12.3. The topological polar surface area (TPSA) is 35.0 Å². The van der Waals surface area contributed by atoms with E-state index in [-0.39, 0.29) is 0 Å². The largest absolute Gasteiger partial charge is 0.457 e. The lowest BCUT2D eigenvalue weighted by atomic mass is 9.66. The molecule has 0 bridgehead atoms. The van der Waals surface area contributed by atoms with Gasteiger partial charge in [-0.1, -0.05) is 146 Å². The standard InChI is InChI=1S/C49H30N2O/c1-2-11-31(12-3-1)43-26-23-32-21-22-33-24-27-44(51-48(33)47(32)50-43)36-14-10-13-34(29-36)35-25-28-46-42(30-35)49(41-19-8-9-20-45(41)52-46)39-17-6-4-15-37(39)38-16-5-7-18-40(38)49/h1-30H. The van der Waals surface area contributed by atoms with Gasteiger partial charge in [0, 0.05) is 33.0 Å². The van der Waals surface area contributed by atoms with E-state index in [1.54, 1.807) is 0 Å². The third-order valence-corrected chi connectivity index (χ3v) is 10.9. The van der Waals surface area contributed by atoms with Crippen molar-refractivity contribution >= 4 is 21.8 Å². The highest BCUT2D eigenvalue weighted by Gasteiger charge is 2.50. The average Bonchev–Trinajstić information content (AvgIpc) is 3.51. The first kappa shape index (κ1) is 28.9. The molecule has 3 heteroatoms. The molecule has 3 nitrogen and oxygen atoms in total. The molecule has 52 heavy (non-hydrogen) atoms. The van der Waals surface area contributed by atoms with Gasteiger partial charge in [-0.05, 0) is 69.8 Å². The van der Waals surface area contributed by atoms with E-state index in [9.17, 15) is 0 Å². The summed E-state index contributed by atoms with van der Waals surface area (Å²) in [5.74, 6) is 1.78. The molecule has 0 saturated heterocycles. The minimum absolute atomic E-state index is 0.502. The van der Waals surface area contributed by atoms with E-state index in [0.29, 0.717) is 0 Å². The Hall–Kier alpha value is -6.84. The van der Waals surface area contributed by atoms with Gasteiger partial charge in [-0.3, -0.25) is 0 Å². The minimum Gasteiger partial charge on any atom is -0.457 e. The van der Waals surface area contributed by atoms with Crippen LogP contribution >= 0.6 is 0 Å². The lowest BCUT2D eigenvalue weighted by Crippen LogP contribution is -2.32. The average molecular weight is 663 g/mol. The van der Waals surface area contributed by atoms with Crippen LogP contribution in [0.2, 0.25) is 0 Å². The molecule has 0 saturated carbocycles. The Morgan fingerprint density at radius 3 is 1.58 bits per heavy atom. The van der Waals surface area contributed by atoms with Crippen LogP contribution in [0.4, 0.5) is 0 Å². The van der Waals surface area contributed by atoms with Gasteiger partial charge < -0.3 is 4.74 Å². The summed E-state index contributed by atoms with van der Waals surface area (Å²) in [5, 5.41) is 2.15. The van der Waals surface area contributed by atoms with Gasteiger partial charge in [0.2, 0.25) is 0 Å². The fourth-order valence-corrected chi connectivity index (χ4v) is 8.59. The second-order valence-corrected chi connectivity index (χ2v) is 13.7. The monoisotopic (exact) mass is 662 g/mol. The quantitative estimate of drug-likeness (QED) is 0.177. The van der Waals surface area contributed by atoms with Gasteiger partial charge in [0.05, 0.1) is 27.8 Å². The van der Waals surface area contributed by atoms with E-state index < -0.39 is 5.41 Å². The molecule has 0 amide bonds. The van der Waals surface area contributed by atoms with Crippen molar-refractivity contribution in [2.45, 2.75) is 5.41 Å². The van der Waals surface area contributed by atoms with Crippen molar-refractivity contribution < 1.29 is 4.74 Å². The second kappa shape index (κ2) is 11.1. The highest BCUT2D eigenvalue weighted by molar-refractivity contribution is 6.04. The molecule has 0 fully saturated rings. The Bertz CT molecular complexity index is 2850. The number of aromatic nitrogens is 2. The van der Waals surface area contributed by atoms with Crippen LogP contribution in [0.5, 0.6) is 11.5 Å². The van der Waals surface area contributed by atoms with E-state index in [0.717, 1.165) is 72.5 Å². The molecule has 0 N–H and O–H groups in total. The van der Waals surface area contributed by atoms with Crippen LogP contribution in [0.15, 0.2) is 182 Å². The number of fused-ring (bicyclic) bond motifs is 12. The van der Waals surface area contributed by atoms with Crippen molar-refractivity contribution in [3.63, 3.8) is 0 Å². The number of benzene rings is 7. The third kappa shape index (κ3) is 4.14. The molecule has 0 atom stereocenters. The Balaban J connectivity index is 1.07. The lowest BCUT2D eigenvalue weighted by molar-refractivity contribution is 0.436. The number of ether oxygens (including phenoxy) is 1. The number of rotatable bonds is 3. The number of hydrogen-bond donors (Lipinski definition) is 0. The van der Waals surface area contributed by atoms with Gasteiger partial charge in [-0.25, -0.2) is 9.97 Å². The van der Waals surface area contributed by atoms with Crippen LogP contribution < -0.4 is 4.74 Å². The van der Waals surface area contributed by atoms with Crippen LogP contribution in [0.1, 0.15) is 22.3 Å². The minimum atomic E-state index is -0.502. The van der Waals surface area contributed by atoms with Crippen molar-refractivity contribution in [2.75, 3.05) is 0 Å². The van der Waals surface area contributed by atoms with Crippen LogP contribution in [0, 0.1) is 0 Å². The van der Waals surface area contributed by atoms with Gasteiger partial charge in [0.15, 0.2) is 0 Å². The number of nitrogens with zero attached hydrogens (tertiary/aromatic N) is 2. The maximum atomic E-state index is 6.67. The van der Waals surface area contributed by atoms with Gasteiger partial charge in [-0.2, -0.15) is 0 Å². The molecule has 11 rings (SSSR count). The SMILES string of the molecule is c1ccc(-c2ccc3ccc4ccc(-c5cccc(-c6ccc7c(c6)C6(c8ccccc8O7)c7ccccc7-c7ccccc76)c5)nc4c3n2)cc1. The summed E-state index contributed by atoms with van der Waals surface area (Å²) in [6, 6.07) is 64.7. The maximum Gasteiger partial charge on any atom is 0.132 e. The molecule has 2 aliphatic rings. The van der Waals surface area contributed by atoms with Gasteiger partial charge in [0.25, 0.3) is 0 Å². The summed E-state index contributed by atoms with van der Waals surface area (Å²) in [4.78, 5) is 10.4.